The van der Waals surface area contributed by atoms with E-state index in [0.717, 1.165) is 22.2 Å². The Kier molecular flexibility index (Phi) is 3.28. The van der Waals surface area contributed by atoms with Crippen LogP contribution in [-0.4, -0.2) is 10.9 Å². The molecular weight excluding hydrogens is 262 g/mol. The lowest BCUT2D eigenvalue weighted by atomic mass is 10.1. The molecule has 3 N–H and O–H groups in total. The maximum atomic E-state index is 12.5. The molecule has 0 aliphatic rings. The van der Waals surface area contributed by atoms with Gasteiger partial charge in [0, 0.05) is 28.5 Å². The largest absolute Gasteiger partial charge is 0.398 e. The lowest BCUT2D eigenvalue weighted by Crippen LogP contribution is -2.13. The zero-order chi connectivity index (χ0) is 14.8. The highest BCUT2D eigenvalue weighted by atomic mass is 16.1. The molecule has 2 aromatic carbocycles. The molecule has 0 atom stereocenters. The van der Waals surface area contributed by atoms with Gasteiger partial charge in [0.05, 0.1) is 5.52 Å². The number of amides is 1. The predicted molar refractivity (Wildman–Crippen MR) is 85.3 cm³/mol. The van der Waals surface area contributed by atoms with Crippen LogP contribution in [0.1, 0.15) is 15.9 Å². The number of fused-ring (bicyclic) bond motifs is 1. The van der Waals surface area contributed by atoms with Crippen molar-refractivity contribution in [3.63, 3.8) is 0 Å². The number of hydrogen-bond donors (Lipinski definition) is 2. The standard InChI is InChI=1S/C17H15N3O/c1-11-14(18)7-3-8-15(11)20-17(21)13-5-2-9-16-12(13)6-4-10-19-16/h2-10H,18H2,1H3,(H,20,21). The number of hydrogen-bond acceptors (Lipinski definition) is 3. The van der Waals surface area contributed by atoms with Crippen LogP contribution in [0.2, 0.25) is 0 Å². The van der Waals surface area contributed by atoms with Gasteiger partial charge in [-0.1, -0.05) is 18.2 Å². The molecule has 1 aromatic heterocycles. The van der Waals surface area contributed by atoms with Crippen molar-refractivity contribution in [1.82, 2.24) is 4.98 Å². The minimum absolute atomic E-state index is 0.165. The molecule has 4 heteroatoms. The third-order valence-corrected chi connectivity index (χ3v) is 3.51. The summed E-state index contributed by atoms with van der Waals surface area (Å²) in [6, 6.07) is 14.7. The number of pyridine rings is 1. The molecule has 21 heavy (non-hydrogen) atoms. The van der Waals surface area contributed by atoms with Crippen LogP contribution in [0.15, 0.2) is 54.7 Å². The first-order chi connectivity index (χ1) is 10.2. The van der Waals surface area contributed by atoms with Crippen molar-refractivity contribution in [3.05, 3.63) is 65.9 Å². The highest BCUT2D eigenvalue weighted by Crippen LogP contribution is 2.23. The number of carbonyl (C=O) groups is 1. The molecule has 1 amide bonds. The zero-order valence-corrected chi connectivity index (χ0v) is 11.6. The molecule has 0 aliphatic carbocycles. The molecule has 4 nitrogen and oxygen atoms in total. The first-order valence-corrected chi connectivity index (χ1v) is 6.67. The van der Waals surface area contributed by atoms with Gasteiger partial charge in [-0.2, -0.15) is 0 Å². The monoisotopic (exact) mass is 277 g/mol. The second-order valence-corrected chi connectivity index (χ2v) is 4.85. The summed E-state index contributed by atoms with van der Waals surface area (Å²) in [6.07, 6.45) is 1.71. The number of carbonyl (C=O) groups excluding carboxylic acids is 1. The molecule has 0 saturated heterocycles. The fourth-order valence-corrected chi connectivity index (χ4v) is 2.28. The summed E-state index contributed by atoms with van der Waals surface area (Å²) in [7, 11) is 0. The van der Waals surface area contributed by atoms with Gasteiger partial charge in [-0.25, -0.2) is 0 Å². The number of nitrogen functional groups attached to an aromatic ring is 1. The number of benzene rings is 2. The molecule has 0 saturated carbocycles. The van der Waals surface area contributed by atoms with Crippen LogP contribution in [0.4, 0.5) is 11.4 Å². The van der Waals surface area contributed by atoms with E-state index in [1.807, 2.05) is 49.4 Å². The van der Waals surface area contributed by atoms with Crippen molar-refractivity contribution in [2.45, 2.75) is 6.92 Å². The first-order valence-electron chi connectivity index (χ1n) is 6.67. The summed E-state index contributed by atoms with van der Waals surface area (Å²) in [5, 5.41) is 3.75. The van der Waals surface area contributed by atoms with E-state index >= 15 is 0 Å². The van der Waals surface area contributed by atoms with Crippen molar-refractivity contribution >= 4 is 28.2 Å². The van der Waals surface area contributed by atoms with E-state index < -0.39 is 0 Å². The number of nitrogens with one attached hydrogen (secondary N) is 1. The van der Waals surface area contributed by atoms with Crippen LogP contribution in [0, 0.1) is 6.92 Å². The summed E-state index contributed by atoms with van der Waals surface area (Å²) in [4.78, 5) is 16.8. The van der Waals surface area contributed by atoms with Crippen molar-refractivity contribution in [1.29, 1.82) is 0 Å². The van der Waals surface area contributed by atoms with Crippen molar-refractivity contribution in [2.75, 3.05) is 11.1 Å². The van der Waals surface area contributed by atoms with E-state index in [2.05, 4.69) is 10.3 Å². The average molecular weight is 277 g/mol. The maximum absolute atomic E-state index is 12.5. The summed E-state index contributed by atoms with van der Waals surface area (Å²) >= 11 is 0. The lowest BCUT2D eigenvalue weighted by Gasteiger charge is -2.11. The number of nitrogens with zero attached hydrogens (tertiary/aromatic N) is 1. The molecule has 3 rings (SSSR count). The topological polar surface area (TPSA) is 68.0 Å². The van der Waals surface area contributed by atoms with Crippen molar-refractivity contribution in [2.24, 2.45) is 0 Å². The van der Waals surface area contributed by atoms with Gasteiger partial charge in [-0.15, -0.1) is 0 Å². The van der Waals surface area contributed by atoms with Gasteiger partial charge in [-0.3, -0.25) is 9.78 Å². The second kappa shape index (κ2) is 5.25. The van der Waals surface area contributed by atoms with Gasteiger partial charge in [0.25, 0.3) is 5.91 Å². The minimum Gasteiger partial charge on any atom is -0.398 e. The molecular formula is C17H15N3O. The number of rotatable bonds is 2. The highest BCUT2D eigenvalue weighted by molar-refractivity contribution is 6.12. The normalized spacial score (nSPS) is 10.5. The molecule has 0 spiro atoms. The van der Waals surface area contributed by atoms with E-state index in [4.69, 9.17) is 5.73 Å². The van der Waals surface area contributed by atoms with E-state index in [1.165, 1.54) is 0 Å². The Morgan fingerprint density at radius 2 is 1.90 bits per heavy atom. The van der Waals surface area contributed by atoms with Gasteiger partial charge in [0.1, 0.15) is 0 Å². The fraction of sp³-hybridized carbons (Fsp3) is 0.0588. The zero-order valence-electron chi connectivity index (χ0n) is 11.6. The Hall–Kier alpha value is -2.88. The van der Waals surface area contributed by atoms with Gasteiger partial charge in [0.15, 0.2) is 0 Å². The summed E-state index contributed by atoms with van der Waals surface area (Å²) in [6.45, 7) is 1.88. The Labute approximate surface area is 122 Å². The second-order valence-electron chi connectivity index (χ2n) is 4.85. The molecule has 0 radical (unpaired) electrons. The lowest BCUT2D eigenvalue weighted by molar-refractivity contribution is 0.102. The van der Waals surface area contributed by atoms with Crippen LogP contribution >= 0.6 is 0 Å². The van der Waals surface area contributed by atoms with Crippen LogP contribution in [0.25, 0.3) is 10.9 Å². The Morgan fingerprint density at radius 1 is 1.10 bits per heavy atom. The summed E-state index contributed by atoms with van der Waals surface area (Å²) in [5.41, 5.74) is 9.51. The molecule has 0 unspecified atom stereocenters. The maximum Gasteiger partial charge on any atom is 0.256 e. The minimum atomic E-state index is -0.165. The van der Waals surface area contributed by atoms with E-state index in [1.54, 1.807) is 12.3 Å². The third kappa shape index (κ3) is 2.43. The molecule has 1 heterocycles. The van der Waals surface area contributed by atoms with E-state index in [9.17, 15) is 4.79 Å². The predicted octanol–water partition coefficient (Wildman–Crippen LogP) is 3.38. The number of aromatic nitrogens is 1. The SMILES string of the molecule is Cc1c(N)cccc1NC(=O)c1cccc2ncccc12. The molecule has 0 aliphatic heterocycles. The highest BCUT2D eigenvalue weighted by Gasteiger charge is 2.12. The van der Waals surface area contributed by atoms with E-state index in [-0.39, 0.29) is 5.91 Å². The van der Waals surface area contributed by atoms with Gasteiger partial charge in [-0.05, 0) is 42.8 Å². The Morgan fingerprint density at radius 3 is 2.76 bits per heavy atom. The van der Waals surface area contributed by atoms with Crippen LogP contribution in [0.5, 0.6) is 0 Å². The average Bonchev–Trinajstić information content (AvgIpc) is 2.51. The molecule has 104 valence electrons. The van der Waals surface area contributed by atoms with Crippen LogP contribution in [0.3, 0.4) is 0 Å². The quantitative estimate of drug-likeness (QED) is 0.706. The van der Waals surface area contributed by atoms with Crippen LogP contribution < -0.4 is 11.1 Å². The molecule has 0 fully saturated rings. The van der Waals surface area contributed by atoms with E-state index in [0.29, 0.717) is 11.3 Å². The van der Waals surface area contributed by atoms with Gasteiger partial charge in [0.2, 0.25) is 0 Å². The fourth-order valence-electron chi connectivity index (χ4n) is 2.28. The number of nitrogens with two attached hydrogens (primary N) is 1. The van der Waals surface area contributed by atoms with Crippen molar-refractivity contribution in [3.8, 4) is 0 Å². The first kappa shape index (κ1) is 13.1. The Bertz CT molecular complexity index is 822. The number of anilines is 2. The van der Waals surface area contributed by atoms with Crippen molar-refractivity contribution < 1.29 is 4.79 Å². The van der Waals surface area contributed by atoms with Crippen LogP contribution in [-0.2, 0) is 0 Å². The third-order valence-electron chi connectivity index (χ3n) is 3.51. The Balaban J connectivity index is 2.00. The summed E-state index contributed by atoms with van der Waals surface area (Å²) in [5.74, 6) is -0.165. The van der Waals surface area contributed by atoms with Gasteiger partial charge < -0.3 is 11.1 Å². The van der Waals surface area contributed by atoms with Gasteiger partial charge >= 0.3 is 0 Å². The summed E-state index contributed by atoms with van der Waals surface area (Å²) < 4.78 is 0. The molecule has 3 aromatic rings. The molecule has 0 bridgehead atoms. The smallest absolute Gasteiger partial charge is 0.256 e.